The molecule has 0 saturated heterocycles. The van der Waals surface area contributed by atoms with E-state index in [9.17, 15) is 17.2 Å². The minimum Gasteiger partial charge on any atom is -0.485 e. The number of ether oxygens (including phenoxy) is 1. The van der Waals surface area contributed by atoms with Crippen molar-refractivity contribution >= 4 is 38.3 Å². The number of hydrogen-bond acceptors (Lipinski definition) is 3. The van der Waals surface area contributed by atoms with Crippen LogP contribution in [0.1, 0.15) is 12.5 Å². The van der Waals surface area contributed by atoms with Gasteiger partial charge in [-0.2, -0.15) is 17.2 Å². The van der Waals surface area contributed by atoms with Gasteiger partial charge in [0.05, 0.1) is 3.57 Å². The highest BCUT2D eigenvalue weighted by atomic mass is 127. The lowest BCUT2D eigenvalue weighted by Gasteiger charge is -2.16. The monoisotopic (exact) mass is 404 g/mol. The molecule has 0 aliphatic heterocycles. The SMILES string of the molecule is C=C(C)c1cccc(OCC(F)(F)S(=O)(=O)O)c1I. The molecule has 4 nitrogen and oxygen atoms in total. The first-order valence-electron chi connectivity index (χ1n) is 4.98. The molecule has 0 aromatic heterocycles. The van der Waals surface area contributed by atoms with E-state index in [0.717, 1.165) is 5.57 Å². The molecule has 1 aromatic rings. The fourth-order valence-corrected chi connectivity index (χ4v) is 2.37. The predicted octanol–water partition coefficient (Wildman–Crippen LogP) is 3.18. The Morgan fingerprint density at radius 2 is 2.11 bits per heavy atom. The molecule has 8 heteroatoms. The van der Waals surface area contributed by atoms with Gasteiger partial charge in [0, 0.05) is 0 Å². The average molecular weight is 404 g/mol. The molecular formula is C11H11F2IO4S. The highest BCUT2D eigenvalue weighted by Crippen LogP contribution is 2.30. The molecule has 106 valence electrons. The zero-order valence-electron chi connectivity index (χ0n) is 9.86. The van der Waals surface area contributed by atoms with E-state index in [4.69, 9.17) is 9.29 Å². The molecule has 0 fully saturated rings. The summed E-state index contributed by atoms with van der Waals surface area (Å²) in [5, 5.41) is -4.35. The number of benzene rings is 1. The molecule has 0 saturated carbocycles. The van der Waals surface area contributed by atoms with Gasteiger partial charge in [-0.05, 0) is 46.7 Å². The summed E-state index contributed by atoms with van der Waals surface area (Å²) in [6.07, 6.45) is 0. The zero-order chi connectivity index (χ0) is 14.8. The Morgan fingerprint density at radius 1 is 1.53 bits per heavy atom. The number of allylic oxidation sites excluding steroid dienone is 1. The van der Waals surface area contributed by atoms with Crippen molar-refractivity contribution in [1.82, 2.24) is 0 Å². The Balaban J connectivity index is 2.97. The predicted molar refractivity (Wildman–Crippen MR) is 75.9 cm³/mol. The van der Waals surface area contributed by atoms with Crippen molar-refractivity contribution in [3.8, 4) is 5.75 Å². The Labute approximate surface area is 123 Å². The molecular weight excluding hydrogens is 393 g/mol. The first kappa shape index (κ1) is 16.3. The maximum atomic E-state index is 13.0. The van der Waals surface area contributed by atoms with Crippen molar-refractivity contribution in [2.45, 2.75) is 12.2 Å². The fraction of sp³-hybridized carbons (Fsp3) is 0.273. The summed E-state index contributed by atoms with van der Waals surface area (Å²) in [6, 6.07) is 4.74. The standard InChI is InChI=1S/C11H11F2IO4S/c1-7(2)8-4-3-5-9(10(8)14)18-6-11(12,13)19(15,16)17/h3-5H,1,6H2,2H3,(H,15,16,17). The van der Waals surface area contributed by atoms with E-state index < -0.39 is 22.0 Å². The summed E-state index contributed by atoms with van der Waals surface area (Å²) in [4.78, 5) is 0. The smallest absolute Gasteiger partial charge is 0.402 e. The quantitative estimate of drug-likeness (QED) is 0.605. The molecule has 0 aliphatic rings. The molecule has 1 rings (SSSR count). The summed E-state index contributed by atoms with van der Waals surface area (Å²) in [5.41, 5.74) is 1.43. The second kappa shape index (κ2) is 5.71. The molecule has 1 N–H and O–H groups in total. The van der Waals surface area contributed by atoms with Crippen LogP contribution < -0.4 is 4.74 Å². The van der Waals surface area contributed by atoms with Crippen molar-refractivity contribution < 1.29 is 26.5 Å². The summed E-state index contributed by atoms with van der Waals surface area (Å²) >= 11 is 1.89. The van der Waals surface area contributed by atoms with Crippen molar-refractivity contribution in [2.75, 3.05) is 6.61 Å². The maximum Gasteiger partial charge on any atom is 0.402 e. The number of halogens is 3. The third kappa shape index (κ3) is 3.86. The van der Waals surface area contributed by atoms with Gasteiger partial charge in [0.25, 0.3) is 0 Å². The van der Waals surface area contributed by atoms with Crippen LogP contribution in [0, 0.1) is 3.57 Å². The van der Waals surface area contributed by atoms with Crippen LogP contribution in [-0.4, -0.2) is 24.8 Å². The first-order valence-corrected chi connectivity index (χ1v) is 7.50. The normalized spacial score (nSPS) is 12.3. The molecule has 0 bridgehead atoms. The molecule has 0 unspecified atom stereocenters. The van der Waals surface area contributed by atoms with Gasteiger partial charge in [0.15, 0.2) is 6.61 Å². The van der Waals surface area contributed by atoms with E-state index in [2.05, 4.69) is 6.58 Å². The van der Waals surface area contributed by atoms with Crippen LogP contribution in [0.15, 0.2) is 24.8 Å². The van der Waals surface area contributed by atoms with Crippen LogP contribution in [0.25, 0.3) is 5.57 Å². The lowest BCUT2D eigenvalue weighted by Crippen LogP contribution is -2.35. The van der Waals surface area contributed by atoms with Crippen LogP contribution >= 0.6 is 22.6 Å². The second-order valence-electron chi connectivity index (χ2n) is 3.80. The highest BCUT2D eigenvalue weighted by Gasteiger charge is 2.45. The van der Waals surface area contributed by atoms with Crippen LogP contribution in [-0.2, 0) is 10.1 Å². The number of alkyl halides is 2. The second-order valence-corrected chi connectivity index (χ2v) is 6.43. The maximum absolute atomic E-state index is 13.0. The van der Waals surface area contributed by atoms with Gasteiger partial charge in [-0.15, -0.1) is 0 Å². The minimum absolute atomic E-state index is 0.101. The topological polar surface area (TPSA) is 63.6 Å². The molecule has 19 heavy (non-hydrogen) atoms. The summed E-state index contributed by atoms with van der Waals surface area (Å²) in [5.74, 6) is 0.101. The van der Waals surface area contributed by atoms with Gasteiger partial charge in [0.1, 0.15) is 5.75 Å². The summed E-state index contributed by atoms with van der Waals surface area (Å²) in [7, 11) is -5.49. The van der Waals surface area contributed by atoms with Crippen LogP contribution in [0.5, 0.6) is 5.75 Å². The van der Waals surface area contributed by atoms with E-state index in [-0.39, 0.29) is 5.75 Å². The fourth-order valence-electron chi connectivity index (χ4n) is 1.19. The van der Waals surface area contributed by atoms with Gasteiger partial charge in [-0.1, -0.05) is 18.7 Å². The van der Waals surface area contributed by atoms with Crippen molar-refractivity contribution in [3.63, 3.8) is 0 Å². The Bertz CT molecular complexity index is 599. The number of hydrogen-bond donors (Lipinski definition) is 1. The third-order valence-electron chi connectivity index (χ3n) is 2.20. The molecule has 0 radical (unpaired) electrons. The van der Waals surface area contributed by atoms with E-state index in [0.29, 0.717) is 9.13 Å². The van der Waals surface area contributed by atoms with E-state index in [1.807, 2.05) is 22.6 Å². The molecule has 1 aromatic carbocycles. The van der Waals surface area contributed by atoms with Crippen LogP contribution in [0.2, 0.25) is 0 Å². The summed E-state index contributed by atoms with van der Waals surface area (Å²) < 4.78 is 60.6. The Hall–Kier alpha value is -0.740. The first-order chi connectivity index (χ1) is 8.56. The van der Waals surface area contributed by atoms with Crippen molar-refractivity contribution in [2.24, 2.45) is 0 Å². The lowest BCUT2D eigenvalue weighted by atomic mass is 10.1. The van der Waals surface area contributed by atoms with E-state index >= 15 is 0 Å². The highest BCUT2D eigenvalue weighted by molar-refractivity contribution is 14.1. The van der Waals surface area contributed by atoms with Crippen LogP contribution in [0.3, 0.4) is 0 Å². The third-order valence-corrected chi connectivity index (χ3v) is 4.18. The molecule has 0 spiro atoms. The number of rotatable bonds is 5. The molecule has 0 aliphatic carbocycles. The zero-order valence-corrected chi connectivity index (χ0v) is 12.8. The average Bonchev–Trinajstić information content (AvgIpc) is 2.25. The van der Waals surface area contributed by atoms with Crippen molar-refractivity contribution in [3.05, 3.63) is 33.9 Å². The van der Waals surface area contributed by atoms with E-state index in [1.165, 1.54) is 6.07 Å². The van der Waals surface area contributed by atoms with Gasteiger partial charge in [-0.3, -0.25) is 4.55 Å². The van der Waals surface area contributed by atoms with Gasteiger partial charge < -0.3 is 4.74 Å². The van der Waals surface area contributed by atoms with Crippen molar-refractivity contribution in [1.29, 1.82) is 0 Å². The van der Waals surface area contributed by atoms with Gasteiger partial charge in [0.2, 0.25) is 0 Å². The molecule has 0 atom stereocenters. The largest absolute Gasteiger partial charge is 0.485 e. The molecule has 0 amide bonds. The van der Waals surface area contributed by atoms with Gasteiger partial charge in [-0.25, -0.2) is 0 Å². The van der Waals surface area contributed by atoms with E-state index in [1.54, 1.807) is 19.1 Å². The summed E-state index contributed by atoms with van der Waals surface area (Å²) in [6.45, 7) is 4.02. The molecule has 0 heterocycles. The Morgan fingerprint density at radius 3 is 2.58 bits per heavy atom. The lowest BCUT2D eigenvalue weighted by molar-refractivity contribution is 0.0285. The minimum atomic E-state index is -5.49. The van der Waals surface area contributed by atoms with Crippen LogP contribution in [0.4, 0.5) is 8.78 Å². The Kier molecular flexibility index (Phi) is 4.91. The van der Waals surface area contributed by atoms with Gasteiger partial charge >= 0.3 is 15.4 Å².